The molecule has 3 heterocycles. The molecule has 0 saturated carbocycles. The van der Waals surface area contributed by atoms with E-state index in [-0.39, 0.29) is 17.4 Å². The van der Waals surface area contributed by atoms with Crippen molar-refractivity contribution < 1.29 is 14.3 Å². The third-order valence-corrected chi connectivity index (χ3v) is 6.17. The number of nitrogens with one attached hydrogen (secondary N) is 2. The highest BCUT2D eigenvalue weighted by Gasteiger charge is 2.43. The van der Waals surface area contributed by atoms with Gasteiger partial charge >= 0.3 is 0 Å². The summed E-state index contributed by atoms with van der Waals surface area (Å²) in [6, 6.07) is 14.3. The number of aromatic amines is 1. The summed E-state index contributed by atoms with van der Waals surface area (Å²) in [6.07, 6.45) is 0.983. The predicted octanol–water partition coefficient (Wildman–Crippen LogP) is 2.17. The third-order valence-electron chi connectivity index (χ3n) is 6.17. The minimum absolute atomic E-state index is 0.0675. The van der Waals surface area contributed by atoms with Gasteiger partial charge in [-0.25, -0.2) is 5.10 Å². The van der Waals surface area contributed by atoms with E-state index in [0.717, 1.165) is 0 Å². The van der Waals surface area contributed by atoms with Gasteiger partial charge in [-0.1, -0.05) is 30.3 Å². The average Bonchev–Trinajstić information content (AvgIpc) is 2.79. The van der Waals surface area contributed by atoms with Gasteiger partial charge in [0.2, 0.25) is 5.91 Å². The Balaban J connectivity index is 1.34. The summed E-state index contributed by atoms with van der Waals surface area (Å²) in [5, 5.41) is 10.9. The van der Waals surface area contributed by atoms with E-state index in [2.05, 4.69) is 15.5 Å². The number of hydrogen-bond acceptors (Lipinski definition) is 5. The van der Waals surface area contributed by atoms with Gasteiger partial charge in [-0.05, 0) is 25.1 Å². The van der Waals surface area contributed by atoms with Gasteiger partial charge < -0.3 is 15.0 Å². The van der Waals surface area contributed by atoms with Crippen molar-refractivity contribution in [3.63, 3.8) is 0 Å². The molecule has 3 aromatic rings. The van der Waals surface area contributed by atoms with Gasteiger partial charge in [0.25, 0.3) is 11.5 Å². The highest BCUT2D eigenvalue weighted by molar-refractivity contribution is 5.98. The van der Waals surface area contributed by atoms with Crippen molar-refractivity contribution in [1.82, 2.24) is 20.4 Å². The van der Waals surface area contributed by atoms with Crippen molar-refractivity contribution in [1.29, 1.82) is 0 Å². The highest BCUT2D eigenvalue weighted by atomic mass is 16.5. The molecular formula is C23H22N4O4. The first kappa shape index (κ1) is 19.3. The molecule has 31 heavy (non-hydrogen) atoms. The fraction of sp³-hybridized carbons (Fsp3) is 0.304. The van der Waals surface area contributed by atoms with Gasteiger partial charge in [0.05, 0.1) is 22.6 Å². The summed E-state index contributed by atoms with van der Waals surface area (Å²) in [4.78, 5) is 39.6. The highest BCUT2D eigenvalue weighted by Crippen LogP contribution is 2.34. The first-order chi connectivity index (χ1) is 15.0. The van der Waals surface area contributed by atoms with Crippen molar-refractivity contribution in [2.45, 2.75) is 31.4 Å². The smallest absolute Gasteiger partial charge is 0.272 e. The average molecular weight is 418 g/mol. The molecule has 2 N–H and O–H groups in total. The number of rotatable bonds is 2. The minimum atomic E-state index is -0.797. The van der Waals surface area contributed by atoms with Crippen molar-refractivity contribution in [3.8, 4) is 5.75 Å². The zero-order valence-corrected chi connectivity index (χ0v) is 17.1. The number of nitrogens with zero attached hydrogens (tertiary/aromatic N) is 2. The molecule has 0 unspecified atom stereocenters. The lowest BCUT2D eigenvalue weighted by Gasteiger charge is -2.44. The molecule has 8 heteroatoms. The van der Waals surface area contributed by atoms with Gasteiger partial charge in [0.15, 0.2) is 5.72 Å². The summed E-state index contributed by atoms with van der Waals surface area (Å²) < 4.78 is 6.15. The van der Waals surface area contributed by atoms with Crippen LogP contribution in [0.5, 0.6) is 5.75 Å². The van der Waals surface area contributed by atoms with E-state index < -0.39 is 11.6 Å². The maximum Gasteiger partial charge on any atom is 0.272 e. The van der Waals surface area contributed by atoms with Crippen molar-refractivity contribution in [2.75, 3.05) is 13.1 Å². The Kier molecular flexibility index (Phi) is 4.50. The van der Waals surface area contributed by atoms with Crippen LogP contribution < -0.4 is 15.6 Å². The Labute approximate surface area is 178 Å². The Morgan fingerprint density at radius 1 is 1.06 bits per heavy atom. The fourth-order valence-corrected chi connectivity index (χ4v) is 4.43. The molecule has 1 saturated heterocycles. The van der Waals surface area contributed by atoms with Crippen LogP contribution in [0.3, 0.4) is 0 Å². The normalized spacial score (nSPS) is 18.2. The maximum atomic E-state index is 13.2. The van der Waals surface area contributed by atoms with Crippen LogP contribution in [0.15, 0.2) is 53.3 Å². The van der Waals surface area contributed by atoms with Crippen LogP contribution in [0.1, 0.15) is 41.7 Å². The largest absolute Gasteiger partial charge is 0.467 e. The predicted molar refractivity (Wildman–Crippen MR) is 114 cm³/mol. The second-order valence-corrected chi connectivity index (χ2v) is 8.08. The summed E-state index contributed by atoms with van der Waals surface area (Å²) >= 11 is 0. The number of carbonyl (C=O) groups is 2. The molecule has 1 aromatic heterocycles. The number of aromatic nitrogens is 2. The molecule has 1 atom stereocenters. The van der Waals surface area contributed by atoms with Crippen LogP contribution in [0, 0.1) is 0 Å². The SMILES string of the molecule is C[C@H](C(=O)N1CCC2(CC1)NC(=O)c1ccccc1O2)c1n[nH]c(=O)c2ccccc12. The fourth-order valence-electron chi connectivity index (χ4n) is 4.43. The van der Waals surface area contributed by atoms with Gasteiger partial charge in [-0.3, -0.25) is 14.4 Å². The molecule has 158 valence electrons. The lowest BCUT2D eigenvalue weighted by atomic mass is 9.94. The van der Waals surface area contributed by atoms with Crippen LogP contribution >= 0.6 is 0 Å². The minimum Gasteiger partial charge on any atom is -0.467 e. The Morgan fingerprint density at radius 3 is 2.52 bits per heavy atom. The molecular weight excluding hydrogens is 396 g/mol. The van der Waals surface area contributed by atoms with E-state index >= 15 is 0 Å². The van der Waals surface area contributed by atoms with E-state index in [9.17, 15) is 14.4 Å². The lowest BCUT2D eigenvalue weighted by molar-refractivity contribution is -0.136. The lowest BCUT2D eigenvalue weighted by Crippen LogP contribution is -2.61. The second-order valence-electron chi connectivity index (χ2n) is 8.08. The Bertz CT molecular complexity index is 1240. The molecule has 8 nitrogen and oxygen atoms in total. The molecule has 0 bridgehead atoms. The zero-order valence-electron chi connectivity index (χ0n) is 17.1. The topological polar surface area (TPSA) is 104 Å². The second kappa shape index (κ2) is 7.23. The van der Waals surface area contributed by atoms with E-state index in [0.29, 0.717) is 53.7 Å². The van der Waals surface area contributed by atoms with Crippen LogP contribution in [-0.2, 0) is 4.79 Å². The molecule has 2 amide bonds. The van der Waals surface area contributed by atoms with Crippen LogP contribution in [0.25, 0.3) is 10.8 Å². The molecule has 2 aromatic carbocycles. The standard InChI is InChI=1S/C23H22N4O4/c1-14(19-15-6-2-3-7-16(15)21(29)26-25-19)22(30)27-12-10-23(11-13-27)24-20(28)17-8-4-5-9-18(17)31-23/h2-9,14H,10-13H2,1H3,(H,24,28)(H,26,29)/t14-/m0/s1. The van der Waals surface area contributed by atoms with E-state index in [1.807, 2.05) is 18.2 Å². The van der Waals surface area contributed by atoms with Crippen molar-refractivity contribution in [3.05, 3.63) is 70.1 Å². The van der Waals surface area contributed by atoms with Gasteiger partial charge in [0.1, 0.15) is 5.75 Å². The maximum absolute atomic E-state index is 13.2. The zero-order chi connectivity index (χ0) is 21.6. The molecule has 0 radical (unpaired) electrons. The van der Waals surface area contributed by atoms with Crippen LogP contribution in [0.2, 0.25) is 0 Å². The van der Waals surface area contributed by atoms with Gasteiger partial charge in [-0.2, -0.15) is 5.10 Å². The summed E-state index contributed by atoms with van der Waals surface area (Å²) in [6.45, 7) is 2.70. The number of H-pyrrole nitrogens is 1. The van der Waals surface area contributed by atoms with Crippen molar-refractivity contribution >= 4 is 22.6 Å². The van der Waals surface area contributed by atoms with Gasteiger partial charge in [0, 0.05) is 31.3 Å². The summed E-state index contributed by atoms with van der Waals surface area (Å²) in [5.74, 6) is -0.164. The number of benzene rings is 2. The van der Waals surface area contributed by atoms with Crippen LogP contribution in [-0.4, -0.2) is 45.7 Å². The summed E-state index contributed by atoms with van der Waals surface area (Å²) in [5.41, 5.74) is 0.00581. The molecule has 2 aliphatic heterocycles. The molecule has 5 rings (SSSR count). The quantitative estimate of drug-likeness (QED) is 0.664. The molecule has 1 spiro atoms. The number of fused-ring (bicyclic) bond motifs is 2. The van der Waals surface area contributed by atoms with E-state index in [1.165, 1.54) is 0 Å². The summed E-state index contributed by atoms with van der Waals surface area (Å²) in [7, 11) is 0. The first-order valence-corrected chi connectivity index (χ1v) is 10.3. The van der Waals surface area contributed by atoms with Crippen LogP contribution in [0.4, 0.5) is 0 Å². The number of likely N-dealkylation sites (tertiary alicyclic amines) is 1. The number of carbonyl (C=O) groups excluding carboxylic acids is 2. The molecule has 0 aliphatic carbocycles. The van der Waals surface area contributed by atoms with Gasteiger partial charge in [-0.15, -0.1) is 0 Å². The third kappa shape index (κ3) is 3.24. The van der Waals surface area contributed by atoms with Crippen molar-refractivity contribution in [2.24, 2.45) is 0 Å². The molecule has 2 aliphatic rings. The van der Waals surface area contributed by atoms with E-state index in [1.54, 1.807) is 42.2 Å². The Morgan fingerprint density at radius 2 is 1.74 bits per heavy atom. The first-order valence-electron chi connectivity index (χ1n) is 10.3. The Hall–Kier alpha value is -3.68. The number of ether oxygens (including phenoxy) is 1. The number of piperidine rings is 1. The monoisotopic (exact) mass is 418 g/mol. The number of para-hydroxylation sites is 1. The number of hydrogen-bond donors (Lipinski definition) is 2. The molecule has 1 fully saturated rings. The van der Waals surface area contributed by atoms with E-state index in [4.69, 9.17) is 4.74 Å². The number of amides is 2.